The zero-order valence-electron chi connectivity index (χ0n) is 10.8. The van der Waals surface area contributed by atoms with E-state index in [1.54, 1.807) is 0 Å². The molecule has 4 unspecified atom stereocenters. The van der Waals surface area contributed by atoms with Crippen molar-refractivity contribution in [2.45, 2.75) is 19.3 Å². The summed E-state index contributed by atoms with van der Waals surface area (Å²) < 4.78 is 0. The highest BCUT2D eigenvalue weighted by Crippen LogP contribution is 2.69. The summed E-state index contributed by atoms with van der Waals surface area (Å²) in [6.45, 7) is 0. The fourth-order valence-electron chi connectivity index (χ4n) is 4.59. The smallest absolute Gasteiger partial charge is 0.228 e. The van der Waals surface area contributed by atoms with Gasteiger partial charge in [0.05, 0.1) is 0 Å². The van der Waals surface area contributed by atoms with E-state index in [2.05, 4.69) is 11.2 Å². The van der Waals surface area contributed by atoms with Crippen LogP contribution >= 0.6 is 0 Å². The lowest BCUT2D eigenvalue weighted by atomic mass is 10.0. The number of carbonyl (C=O) groups excluding carboxylic acids is 1. The van der Waals surface area contributed by atoms with Crippen LogP contribution in [0, 0.1) is 41.9 Å². The number of hydrogen-bond donors (Lipinski definition) is 1. The lowest BCUT2D eigenvalue weighted by molar-refractivity contribution is -0.118. The number of rotatable bonds is 2. The number of nitrogens with one attached hydrogen (secondary N) is 1. The number of benzene rings is 1. The molecule has 3 saturated carbocycles. The Morgan fingerprint density at radius 3 is 2.68 bits per heavy atom. The van der Waals surface area contributed by atoms with Gasteiger partial charge in [-0.25, -0.2) is 0 Å². The Labute approximate surface area is 113 Å². The van der Waals surface area contributed by atoms with Gasteiger partial charge in [0.25, 0.3) is 0 Å². The first-order valence-electron chi connectivity index (χ1n) is 7.15. The summed E-state index contributed by atoms with van der Waals surface area (Å²) in [4.78, 5) is 12.3. The van der Waals surface area contributed by atoms with Crippen molar-refractivity contribution in [3.63, 3.8) is 0 Å². The first kappa shape index (κ1) is 11.1. The molecule has 3 aliphatic rings. The number of hydrogen-bond acceptors (Lipinski definition) is 1. The predicted octanol–water partition coefficient (Wildman–Crippen LogP) is 2.90. The van der Waals surface area contributed by atoms with Gasteiger partial charge in [0.2, 0.25) is 5.91 Å². The van der Waals surface area contributed by atoms with Gasteiger partial charge in [0.1, 0.15) is 0 Å². The maximum atomic E-state index is 12.3. The van der Waals surface area contributed by atoms with E-state index in [9.17, 15) is 4.79 Å². The van der Waals surface area contributed by atoms with Crippen molar-refractivity contribution in [1.82, 2.24) is 0 Å². The predicted molar refractivity (Wildman–Crippen MR) is 74.3 cm³/mol. The minimum Gasteiger partial charge on any atom is -0.326 e. The van der Waals surface area contributed by atoms with Crippen LogP contribution in [0.2, 0.25) is 0 Å². The number of fused-ring (bicyclic) bond motifs is 5. The van der Waals surface area contributed by atoms with Gasteiger partial charge in [0, 0.05) is 17.2 Å². The summed E-state index contributed by atoms with van der Waals surface area (Å²) in [5.41, 5.74) is 1.65. The van der Waals surface area contributed by atoms with Gasteiger partial charge < -0.3 is 5.32 Å². The summed E-state index contributed by atoms with van der Waals surface area (Å²) in [6.07, 6.45) is 9.46. The molecule has 3 aliphatic carbocycles. The molecule has 1 aromatic rings. The Morgan fingerprint density at radius 1 is 1.26 bits per heavy atom. The van der Waals surface area contributed by atoms with Crippen LogP contribution in [-0.4, -0.2) is 5.91 Å². The van der Waals surface area contributed by atoms with E-state index in [1.807, 2.05) is 24.3 Å². The van der Waals surface area contributed by atoms with E-state index in [0.29, 0.717) is 11.8 Å². The normalized spacial score (nSPS) is 37.5. The molecule has 3 fully saturated rings. The lowest BCUT2D eigenvalue weighted by Gasteiger charge is -2.09. The maximum absolute atomic E-state index is 12.3. The van der Waals surface area contributed by atoms with Crippen molar-refractivity contribution in [2.75, 3.05) is 5.32 Å². The Morgan fingerprint density at radius 2 is 2.00 bits per heavy atom. The molecule has 2 heteroatoms. The molecule has 0 aliphatic heterocycles. The van der Waals surface area contributed by atoms with E-state index in [4.69, 9.17) is 6.42 Å². The average molecular weight is 251 g/mol. The van der Waals surface area contributed by atoms with E-state index in [-0.39, 0.29) is 11.8 Å². The van der Waals surface area contributed by atoms with E-state index < -0.39 is 0 Å². The van der Waals surface area contributed by atoms with E-state index in [0.717, 1.165) is 23.1 Å². The Hall–Kier alpha value is -1.75. The van der Waals surface area contributed by atoms with Crippen LogP contribution < -0.4 is 5.32 Å². The molecule has 0 saturated heterocycles. The van der Waals surface area contributed by atoms with Crippen molar-refractivity contribution in [2.24, 2.45) is 29.6 Å². The minimum absolute atomic E-state index is 0.209. The number of terminal acetylenes is 1. The zero-order valence-corrected chi connectivity index (χ0v) is 10.8. The molecule has 0 heterocycles. The van der Waals surface area contributed by atoms with Crippen molar-refractivity contribution in [1.29, 1.82) is 0 Å². The fraction of sp³-hybridized carbons (Fsp3) is 0.471. The summed E-state index contributed by atoms with van der Waals surface area (Å²) in [5.74, 6) is 6.14. The van der Waals surface area contributed by atoms with Gasteiger partial charge in [-0.15, -0.1) is 6.42 Å². The van der Waals surface area contributed by atoms with Crippen LogP contribution in [-0.2, 0) is 4.79 Å². The monoisotopic (exact) mass is 251 g/mol. The van der Waals surface area contributed by atoms with Crippen molar-refractivity contribution in [3.8, 4) is 12.3 Å². The van der Waals surface area contributed by atoms with Crippen LogP contribution in [0.25, 0.3) is 0 Å². The second-order valence-corrected chi connectivity index (χ2v) is 6.23. The van der Waals surface area contributed by atoms with Gasteiger partial charge in [-0.05, 0) is 61.1 Å². The maximum Gasteiger partial charge on any atom is 0.228 e. The van der Waals surface area contributed by atoms with Gasteiger partial charge in [-0.3, -0.25) is 4.79 Å². The molecule has 2 nitrogen and oxygen atoms in total. The third-order valence-corrected chi connectivity index (χ3v) is 5.33. The molecule has 2 bridgehead atoms. The second-order valence-electron chi connectivity index (χ2n) is 6.23. The minimum atomic E-state index is 0.209. The molecule has 4 rings (SSSR count). The first-order valence-corrected chi connectivity index (χ1v) is 7.15. The molecule has 4 atom stereocenters. The van der Waals surface area contributed by atoms with Gasteiger partial charge in [0.15, 0.2) is 0 Å². The third-order valence-electron chi connectivity index (χ3n) is 5.33. The SMILES string of the molecule is C#Cc1cccc(NC(=O)C2C3C4CCC(C4)C23)c1. The molecule has 1 aromatic carbocycles. The topological polar surface area (TPSA) is 29.1 Å². The Bertz CT molecular complexity index is 569. The lowest BCUT2D eigenvalue weighted by Crippen LogP contribution is -2.18. The molecule has 19 heavy (non-hydrogen) atoms. The number of carbonyl (C=O) groups is 1. The van der Waals surface area contributed by atoms with Crippen LogP contribution in [0.15, 0.2) is 24.3 Å². The summed E-state index contributed by atoms with van der Waals surface area (Å²) in [5, 5.41) is 3.04. The molecular weight excluding hydrogens is 234 g/mol. The molecule has 0 radical (unpaired) electrons. The van der Waals surface area contributed by atoms with Crippen molar-refractivity contribution in [3.05, 3.63) is 29.8 Å². The largest absolute Gasteiger partial charge is 0.326 e. The molecular formula is C17H17NO. The highest BCUT2D eigenvalue weighted by atomic mass is 16.2. The highest BCUT2D eigenvalue weighted by Gasteiger charge is 2.67. The van der Waals surface area contributed by atoms with Crippen molar-refractivity contribution >= 4 is 11.6 Å². The molecule has 96 valence electrons. The van der Waals surface area contributed by atoms with Crippen molar-refractivity contribution < 1.29 is 4.79 Å². The van der Waals surface area contributed by atoms with Gasteiger partial charge in [-0.1, -0.05) is 12.0 Å². The number of amides is 1. The Kier molecular flexibility index (Phi) is 2.26. The summed E-state index contributed by atoms with van der Waals surface area (Å²) in [6, 6.07) is 7.54. The highest BCUT2D eigenvalue weighted by molar-refractivity contribution is 5.95. The molecule has 0 spiro atoms. The van der Waals surface area contributed by atoms with Gasteiger partial charge >= 0.3 is 0 Å². The average Bonchev–Trinajstić information content (AvgIpc) is 2.88. The summed E-state index contributed by atoms with van der Waals surface area (Å²) >= 11 is 0. The van der Waals surface area contributed by atoms with Crippen LogP contribution in [0.5, 0.6) is 0 Å². The standard InChI is InChI=1S/C17H17NO/c1-2-10-4-3-5-13(8-10)18-17(19)16-14-11-6-7-12(9-11)15(14)16/h1,3-5,8,11-12,14-16H,6-7,9H2,(H,18,19). The first-order chi connectivity index (χ1) is 9.28. The zero-order chi connectivity index (χ0) is 13.0. The van der Waals surface area contributed by atoms with Crippen LogP contribution in [0.1, 0.15) is 24.8 Å². The van der Waals surface area contributed by atoms with Crippen LogP contribution in [0.3, 0.4) is 0 Å². The summed E-state index contributed by atoms with van der Waals surface area (Å²) in [7, 11) is 0. The quantitative estimate of drug-likeness (QED) is 0.805. The molecule has 1 amide bonds. The van der Waals surface area contributed by atoms with Gasteiger partial charge in [-0.2, -0.15) is 0 Å². The third kappa shape index (κ3) is 1.61. The second kappa shape index (κ2) is 3.87. The van der Waals surface area contributed by atoms with E-state index in [1.165, 1.54) is 19.3 Å². The van der Waals surface area contributed by atoms with E-state index >= 15 is 0 Å². The molecule has 0 aromatic heterocycles. The number of anilines is 1. The molecule has 1 N–H and O–H groups in total. The fourth-order valence-corrected chi connectivity index (χ4v) is 4.59. The van der Waals surface area contributed by atoms with Crippen LogP contribution in [0.4, 0.5) is 5.69 Å². The Balaban J connectivity index is 1.47.